The molecule has 8 amide bonds. The van der Waals surface area contributed by atoms with E-state index in [0.29, 0.717) is 61.1 Å². The summed E-state index contributed by atoms with van der Waals surface area (Å²) in [6, 6.07) is 23.0. The van der Waals surface area contributed by atoms with Crippen LogP contribution in [0.5, 0.6) is 11.5 Å². The summed E-state index contributed by atoms with van der Waals surface area (Å²) in [4.78, 5) is 111. The number of aryl methyl sites for hydroxylation is 2. The molecule has 0 fully saturated rings. The first-order valence-electron chi connectivity index (χ1n) is 25.3. The summed E-state index contributed by atoms with van der Waals surface area (Å²) in [6.45, 7) is 3.79. The second kappa shape index (κ2) is 40.9. The van der Waals surface area contributed by atoms with Gasteiger partial charge in [-0.15, -0.1) is 0 Å². The van der Waals surface area contributed by atoms with Crippen LogP contribution in [0.25, 0.3) is 0 Å². The number of aldehydes is 1. The number of aliphatic hydroxyl groups excluding tert-OH is 1. The summed E-state index contributed by atoms with van der Waals surface area (Å²) >= 11 is 5.94. The molecule has 0 radical (unpaired) electrons. The van der Waals surface area contributed by atoms with E-state index in [1.165, 1.54) is 57.8 Å². The van der Waals surface area contributed by atoms with Crippen LogP contribution >= 0.6 is 33.2 Å². The van der Waals surface area contributed by atoms with Gasteiger partial charge in [0.1, 0.15) is 42.0 Å². The van der Waals surface area contributed by atoms with Crippen molar-refractivity contribution in [3.8, 4) is 11.5 Å². The molecule has 0 aliphatic carbocycles. The molecule has 4 aromatic rings. The number of hydrogen-bond acceptors (Lipinski definition) is 16. The number of primary amides is 2. The van der Waals surface area contributed by atoms with Crippen molar-refractivity contribution < 1.29 is 58.5 Å². The molecule has 4 atom stereocenters. The van der Waals surface area contributed by atoms with E-state index >= 15 is 0 Å². The maximum absolute atomic E-state index is 13.5. The van der Waals surface area contributed by atoms with Crippen LogP contribution in [-0.2, 0) is 57.6 Å². The lowest BCUT2D eigenvalue weighted by Crippen LogP contribution is -2.56. The van der Waals surface area contributed by atoms with Crippen molar-refractivity contribution in [2.24, 2.45) is 17.2 Å². The van der Waals surface area contributed by atoms with Gasteiger partial charge >= 0.3 is 0 Å². The van der Waals surface area contributed by atoms with Crippen molar-refractivity contribution in [3.63, 3.8) is 0 Å². The Morgan fingerprint density at radius 3 is 1.70 bits per heavy atom. The van der Waals surface area contributed by atoms with Crippen molar-refractivity contribution >= 4 is 86.7 Å². The Kier molecular flexibility index (Phi) is 36.2. The molecule has 0 spiro atoms. The quantitative estimate of drug-likeness (QED) is 0.0210. The first-order chi connectivity index (χ1) is 38.1. The topological polar surface area (TPSA) is 368 Å². The molecule has 0 bridgehead atoms. The molecule has 22 nitrogen and oxygen atoms in total. The molecule has 0 saturated heterocycles. The lowest BCUT2D eigenvalue weighted by molar-refractivity contribution is -0.136. The second-order valence-electron chi connectivity index (χ2n) is 17.6. The summed E-state index contributed by atoms with van der Waals surface area (Å²) in [5.74, 6) is -3.56. The normalized spacial score (nSPS) is 11.8. The van der Waals surface area contributed by atoms with Gasteiger partial charge in [-0.25, -0.2) is 0 Å². The third-order valence-electron chi connectivity index (χ3n) is 11.0. The maximum Gasteiger partial charge on any atom is 0.248 e. The molecule has 0 heterocycles. The van der Waals surface area contributed by atoms with Gasteiger partial charge in [-0.1, -0.05) is 87.3 Å². The Hall–Kier alpha value is -7.22. The molecule has 0 aromatic heterocycles. The van der Waals surface area contributed by atoms with Crippen LogP contribution in [0.1, 0.15) is 65.2 Å². The lowest BCUT2D eigenvalue weighted by atomic mass is 10.0. The molecular formula is C55H77ClN10O12S2. The Balaban J connectivity index is 0.000000829. The summed E-state index contributed by atoms with van der Waals surface area (Å²) in [6.07, 6.45) is 4.78. The fourth-order valence-corrected chi connectivity index (χ4v) is 8.26. The highest BCUT2D eigenvalue weighted by Gasteiger charge is 2.29. The number of nitrogens with zero attached hydrogens (tertiary/aromatic N) is 1. The molecule has 4 unspecified atom stereocenters. The number of likely N-dealkylation sites (N-methyl/N-ethyl adjacent to an activating group) is 2. The molecule has 0 aliphatic heterocycles. The summed E-state index contributed by atoms with van der Waals surface area (Å²) in [7, 11) is 5.87. The SMILES string of the molecule is CCO.CNCC(=O)NC(Cc1ccc(O)cc1)C(N)=O.CSSCC(NC(=O)CCc1ccc(Cl)cc1)C(=O)NC(Cc1ccc(O)cc1)C(=O)NCC(=O)NC(CCCCN)C(=O)N(C)CC=O.Cc1ccc(C(N)=O)cc1. The smallest absolute Gasteiger partial charge is 0.248 e. The zero-order chi connectivity index (χ0) is 60.0. The van der Waals surface area contributed by atoms with Crippen LogP contribution in [0, 0.1) is 6.92 Å². The minimum absolute atomic E-state index is 0.0169. The Labute approximate surface area is 480 Å². The fraction of sp³-hybridized carbons (Fsp3) is 0.400. The lowest BCUT2D eigenvalue weighted by Gasteiger charge is -2.24. The van der Waals surface area contributed by atoms with Crippen LogP contribution in [0.15, 0.2) is 97.1 Å². The third kappa shape index (κ3) is 30.8. The number of benzene rings is 4. The van der Waals surface area contributed by atoms with E-state index in [1.54, 1.807) is 62.5 Å². The van der Waals surface area contributed by atoms with E-state index in [1.807, 2.05) is 37.4 Å². The summed E-state index contributed by atoms with van der Waals surface area (Å²) in [5.41, 5.74) is 19.9. The number of halogens is 1. The van der Waals surface area contributed by atoms with Crippen LogP contribution in [0.3, 0.4) is 0 Å². The van der Waals surface area contributed by atoms with Crippen LogP contribution in [-0.4, -0.2) is 157 Å². The van der Waals surface area contributed by atoms with E-state index in [-0.39, 0.29) is 67.5 Å². The summed E-state index contributed by atoms with van der Waals surface area (Å²) < 4.78 is 0. The van der Waals surface area contributed by atoms with E-state index < -0.39 is 60.2 Å². The first-order valence-corrected chi connectivity index (χ1v) is 28.4. The average molecular weight is 1170 g/mol. The molecule has 0 aliphatic rings. The third-order valence-corrected chi connectivity index (χ3v) is 13.1. The van der Waals surface area contributed by atoms with Gasteiger partial charge in [0.2, 0.25) is 47.3 Å². The average Bonchev–Trinajstić information content (AvgIpc) is 3.42. The Bertz CT molecular complexity index is 2530. The highest BCUT2D eigenvalue weighted by molar-refractivity contribution is 8.76. The van der Waals surface area contributed by atoms with Crippen molar-refractivity contribution in [1.82, 2.24) is 36.8 Å². The highest BCUT2D eigenvalue weighted by atomic mass is 35.5. The standard InChI is InChI=1S/C33H45ClN6O7S2.C12H17N3O3.C8H9NO.C2H6O/c1-40(17-18-41)33(47)26(5-3-4-16-35)37-30(44)20-36-31(45)27(19-23-8-13-25(42)14-9-23)39-32(46)28(21-49-48-2)38-29(43)15-10-22-6-11-24(34)12-7-22;1-14-7-11(17)15-10(12(13)18)6-8-2-4-9(16)5-3-8;1-6-2-4-7(5-3-6)8(9)10;1-2-3/h6-9,11-14,18,26-28,42H,3-5,10,15-17,19-21,35H2,1-2H3,(H,36,45)(H,37,44)(H,38,43)(H,39,46);2-5,10,14,16H,6-7H2,1H3,(H2,13,18)(H,15,17);2-5H,1H3,(H2,9,10);3H,2H2,1H3. The number of amides is 8. The minimum atomic E-state index is -1.15. The predicted molar refractivity (Wildman–Crippen MR) is 312 cm³/mol. The fourth-order valence-electron chi connectivity index (χ4n) is 6.81. The summed E-state index contributed by atoms with van der Waals surface area (Å²) in [5, 5.41) is 42.9. The van der Waals surface area contributed by atoms with Crippen molar-refractivity contribution in [2.45, 2.75) is 83.0 Å². The molecule has 4 rings (SSSR count). The molecule has 0 saturated carbocycles. The Morgan fingerprint density at radius 1 is 0.688 bits per heavy atom. The second-order valence-corrected chi connectivity index (χ2v) is 20.7. The van der Waals surface area contributed by atoms with Crippen molar-refractivity contribution in [3.05, 3.63) is 130 Å². The molecule has 25 heteroatoms. The zero-order valence-electron chi connectivity index (χ0n) is 45.7. The van der Waals surface area contributed by atoms with E-state index in [9.17, 15) is 48.3 Å². The number of phenols is 2. The first kappa shape index (κ1) is 70.8. The van der Waals surface area contributed by atoms with Gasteiger partial charge in [-0.3, -0.25) is 38.4 Å². The Morgan fingerprint density at radius 2 is 1.20 bits per heavy atom. The minimum Gasteiger partial charge on any atom is -0.508 e. The number of hydrogen-bond donors (Lipinski definition) is 12. The monoisotopic (exact) mass is 1170 g/mol. The molecule has 15 N–H and O–H groups in total. The van der Waals surface area contributed by atoms with Crippen molar-refractivity contribution in [1.29, 1.82) is 0 Å². The van der Waals surface area contributed by atoms with E-state index in [0.717, 1.165) is 16.7 Å². The number of unbranched alkanes of at least 4 members (excludes halogenated alkanes) is 1. The van der Waals surface area contributed by atoms with Gasteiger partial charge in [-0.05, 0) is 125 Å². The van der Waals surface area contributed by atoms with Crippen LogP contribution in [0.2, 0.25) is 5.02 Å². The maximum atomic E-state index is 13.5. The van der Waals surface area contributed by atoms with Gasteiger partial charge < -0.3 is 74.1 Å². The van der Waals surface area contributed by atoms with Gasteiger partial charge in [-0.2, -0.15) is 0 Å². The predicted octanol–water partition coefficient (Wildman–Crippen LogP) is 1.81. The zero-order valence-corrected chi connectivity index (χ0v) is 48.1. The highest BCUT2D eigenvalue weighted by Crippen LogP contribution is 2.19. The van der Waals surface area contributed by atoms with Crippen LogP contribution < -0.4 is 49.1 Å². The van der Waals surface area contributed by atoms with Gasteiger partial charge in [0, 0.05) is 49.3 Å². The molecular weight excluding hydrogens is 1090 g/mol. The number of aliphatic hydroxyl groups is 1. The largest absolute Gasteiger partial charge is 0.508 e. The van der Waals surface area contributed by atoms with E-state index in [2.05, 4.69) is 31.9 Å². The van der Waals surface area contributed by atoms with Gasteiger partial charge in [0.15, 0.2) is 0 Å². The molecule has 438 valence electrons. The molecule has 4 aromatic carbocycles. The number of nitrogens with one attached hydrogen (secondary N) is 6. The van der Waals surface area contributed by atoms with E-state index in [4.69, 9.17) is 39.0 Å². The number of aromatic hydroxyl groups is 2. The molecule has 80 heavy (non-hydrogen) atoms. The number of nitrogens with two attached hydrogens (primary N) is 3. The number of rotatable bonds is 29. The van der Waals surface area contributed by atoms with Crippen molar-refractivity contribution in [2.75, 3.05) is 58.9 Å². The number of carbonyl (C=O) groups excluding carboxylic acids is 9. The number of carbonyl (C=O) groups is 9. The van der Waals surface area contributed by atoms with Crippen LogP contribution in [0.4, 0.5) is 0 Å². The number of phenolic OH excluding ortho intramolecular Hbond substituents is 2. The van der Waals surface area contributed by atoms with Gasteiger partial charge in [0.25, 0.3) is 0 Å². The van der Waals surface area contributed by atoms with Gasteiger partial charge in [0.05, 0.1) is 19.6 Å².